The molecule has 0 unspecified atom stereocenters. The quantitative estimate of drug-likeness (QED) is 0.587. The zero-order valence-electron chi connectivity index (χ0n) is 13.6. The number of phenolic OH excluding ortho intramolecular Hbond substituents is 1. The van der Waals surface area contributed by atoms with E-state index in [0.29, 0.717) is 0 Å². The molecule has 0 saturated carbocycles. The molecule has 7 heteroatoms. The van der Waals surface area contributed by atoms with Gasteiger partial charge in [0.2, 0.25) is 5.91 Å². The standard InChI is InChI=1S/C17H19N3O4/c1-17(2,3)24-20-14(15-13(22)5-4-8-19-15)11-9-10(16(18)23)6-7-12(11)21/h4-9,21-22H,1-3H3,(H2,18,23)/b20-14-. The molecule has 1 amide bonds. The Bertz CT molecular complexity index is 795. The van der Waals surface area contributed by atoms with Crippen LogP contribution in [0.15, 0.2) is 41.7 Å². The van der Waals surface area contributed by atoms with Crippen LogP contribution >= 0.6 is 0 Å². The minimum absolute atomic E-state index is 0.0867. The van der Waals surface area contributed by atoms with Gasteiger partial charge >= 0.3 is 0 Å². The third kappa shape index (κ3) is 4.01. The number of primary amides is 1. The maximum absolute atomic E-state index is 11.4. The predicted molar refractivity (Wildman–Crippen MR) is 89.0 cm³/mol. The van der Waals surface area contributed by atoms with Gasteiger partial charge in [0.05, 0.1) is 0 Å². The van der Waals surface area contributed by atoms with E-state index in [0.717, 1.165) is 0 Å². The van der Waals surface area contributed by atoms with E-state index in [-0.39, 0.29) is 34.0 Å². The number of rotatable bonds is 4. The van der Waals surface area contributed by atoms with Gasteiger partial charge < -0.3 is 20.8 Å². The SMILES string of the molecule is CC(C)(C)O/N=C(/c1cc(C(N)=O)ccc1O)c1ncccc1O. The lowest BCUT2D eigenvalue weighted by Crippen LogP contribution is -2.18. The lowest BCUT2D eigenvalue weighted by atomic mass is 10.0. The van der Waals surface area contributed by atoms with Crippen LogP contribution < -0.4 is 5.73 Å². The Morgan fingerprint density at radius 2 is 1.92 bits per heavy atom. The van der Waals surface area contributed by atoms with Crippen molar-refractivity contribution in [2.75, 3.05) is 0 Å². The van der Waals surface area contributed by atoms with E-state index in [1.165, 1.54) is 30.5 Å². The molecule has 0 fully saturated rings. The van der Waals surface area contributed by atoms with Crippen molar-refractivity contribution in [3.8, 4) is 11.5 Å². The molecule has 1 aromatic carbocycles. The number of hydrogen-bond acceptors (Lipinski definition) is 6. The van der Waals surface area contributed by atoms with E-state index >= 15 is 0 Å². The zero-order valence-corrected chi connectivity index (χ0v) is 13.6. The molecule has 1 heterocycles. The molecule has 126 valence electrons. The zero-order chi connectivity index (χ0) is 17.9. The van der Waals surface area contributed by atoms with E-state index in [9.17, 15) is 15.0 Å². The summed E-state index contributed by atoms with van der Waals surface area (Å²) in [6, 6.07) is 7.07. The van der Waals surface area contributed by atoms with Crippen LogP contribution in [-0.4, -0.2) is 32.4 Å². The van der Waals surface area contributed by atoms with Crippen LogP contribution in [0.3, 0.4) is 0 Å². The minimum Gasteiger partial charge on any atom is -0.507 e. The van der Waals surface area contributed by atoms with Gasteiger partial charge in [0.1, 0.15) is 28.5 Å². The van der Waals surface area contributed by atoms with Crippen molar-refractivity contribution in [2.45, 2.75) is 26.4 Å². The summed E-state index contributed by atoms with van der Waals surface area (Å²) in [5, 5.41) is 24.3. The largest absolute Gasteiger partial charge is 0.507 e. The van der Waals surface area contributed by atoms with Gasteiger partial charge in [0.15, 0.2) is 0 Å². The molecule has 7 nitrogen and oxygen atoms in total. The van der Waals surface area contributed by atoms with E-state index in [4.69, 9.17) is 10.6 Å². The minimum atomic E-state index is -0.655. The molecular weight excluding hydrogens is 310 g/mol. The summed E-state index contributed by atoms with van der Waals surface area (Å²) in [6.07, 6.45) is 1.47. The third-order valence-electron chi connectivity index (χ3n) is 2.96. The number of aromatic hydroxyl groups is 2. The first-order valence-corrected chi connectivity index (χ1v) is 7.23. The maximum atomic E-state index is 11.4. The first-order valence-electron chi connectivity index (χ1n) is 7.23. The third-order valence-corrected chi connectivity index (χ3v) is 2.96. The van der Waals surface area contributed by atoms with Crippen LogP contribution in [0, 0.1) is 0 Å². The summed E-state index contributed by atoms with van der Waals surface area (Å²) in [4.78, 5) is 20.9. The second kappa shape index (κ2) is 6.57. The summed E-state index contributed by atoms with van der Waals surface area (Å²) in [5.74, 6) is -0.948. The van der Waals surface area contributed by atoms with Crippen molar-refractivity contribution in [3.05, 3.63) is 53.3 Å². The number of carbonyl (C=O) groups excluding carboxylic acids is 1. The smallest absolute Gasteiger partial charge is 0.248 e. The van der Waals surface area contributed by atoms with Crippen molar-refractivity contribution < 1.29 is 19.8 Å². The van der Waals surface area contributed by atoms with Gasteiger partial charge in [-0.2, -0.15) is 0 Å². The highest BCUT2D eigenvalue weighted by atomic mass is 16.6. The average Bonchev–Trinajstić information content (AvgIpc) is 2.49. The van der Waals surface area contributed by atoms with Crippen molar-refractivity contribution in [1.82, 2.24) is 4.98 Å². The fourth-order valence-corrected chi connectivity index (χ4v) is 1.86. The van der Waals surface area contributed by atoms with Crippen molar-refractivity contribution in [3.63, 3.8) is 0 Å². The summed E-state index contributed by atoms with van der Waals surface area (Å²) in [7, 11) is 0. The van der Waals surface area contributed by atoms with Gasteiger partial charge in [-0.05, 0) is 51.1 Å². The fourth-order valence-electron chi connectivity index (χ4n) is 1.86. The molecule has 1 aromatic heterocycles. The van der Waals surface area contributed by atoms with Gasteiger partial charge in [-0.3, -0.25) is 9.78 Å². The highest BCUT2D eigenvalue weighted by molar-refractivity contribution is 6.15. The monoisotopic (exact) mass is 329 g/mol. The molecule has 0 spiro atoms. The number of amides is 1. The lowest BCUT2D eigenvalue weighted by Gasteiger charge is -2.18. The number of phenols is 1. The van der Waals surface area contributed by atoms with E-state index in [2.05, 4.69) is 10.1 Å². The van der Waals surface area contributed by atoms with Gasteiger partial charge in [-0.1, -0.05) is 5.16 Å². The second-order valence-electron chi connectivity index (χ2n) is 6.11. The van der Waals surface area contributed by atoms with Gasteiger partial charge in [-0.25, -0.2) is 0 Å². The first kappa shape index (κ1) is 17.3. The molecule has 0 radical (unpaired) electrons. The number of aromatic nitrogens is 1. The number of hydrogen-bond donors (Lipinski definition) is 3. The number of nitrogens with two attached hydrogens (primary N) is 1. The van der Waals surface area contributed by atoms with Crippen LogP contribution in [0.5, 0.6) is 11.5 Å². The van der Waals surface area contributed by atoms with E-state index in [1.807, 2.05) is 0 Å². The Kier molecular flexibility index (Phi) is 4.73. The van der Waals surface area contributed by atoms with Crippen LogP contribution in [0.2, 0.25) is 0 Å². The molecule has 0 bridgehead atoms. The summed E-state index contributed by atoms with van der Waals surface area (Å²) in [5.41, 5.74) is 5.23. The molecule has 24 heavy (non-hydrogen) atoms. The Hall–Kier alpha value is -3.09. The fraction of sp³-hybridized carbons (Fsp3) is 0.235. The Morgan fingerprint density at radius 3 is 2.50 bits per heavy atom. The Balaban J connectivity index is 2.65. The average molecular weight is 329 g/mol. The Morgan fingerprint density at radius 1 is 1.21 bits per heavy atom. The number of benzene rings is 1. The van der Waals surface area contributed by atoms with Gasteiger partial charge in [0, 0.05) is 17.3 Å². The maximum Gasteiger partial charge on any atom is 0.248 e. The van der Waals surface area contributed by atoms with E-state index < -0.39 is 11.5 Å². The topological polar surface area (TPSA) is 118 Å². The number of carbonyl (C=O) groups is 1. The predicted octanol–water partition coefficient (Wildman–Crippen LogP) is 2.16. The summed E-state index contributed by atoms with van der Waals surface area (Å²) in [6.45, 7) is 5.39. The number of oxime groups is 1. The Labute approximate surface area is 139 Å². The molecule has 0 aliphatic heterocycles. The van der Waals surface area contributed by atoms with Crippen LogP contribution in [0.25, 0.3) is 0 Å². The first-order chi connectivity index (χ1) is 11.2. The van der Waals surface area contributed by atoms with Crippen molar-refractivity contribution >= 4 is 11.6 Å². The highest BCUT2D eigenvalue weighted by Crippen LogP contribution is 2.26. The summed E-state index contributed by atoms with van der Waals surface area (Å²) >= 11 is 0. The second-order valence-corrected chi connectivity index (χ2v) is 6.11. The normalized spacial score (nSPS) is 12.0. The highest BCUT2D eigenvalue weighted by Gasteiger charge is 2.21. The molecule has 0 saturated heterocycles. The summed E-state index contributed by atoms with van der Waals surface area (Å²) < 4.78 is 0. The molecular formula is C17H19N3O4. The lowest BCUT2D eigenvalue weighted by molar-refractivity contribution is 0.00108. The van der Waals surface area contributed by atoms with Crippen molar-refractivity contribution in [2.24, 2.45) is 10.9 Å². The molecule has 2 rings (SSSR count). The molecule has 0 aliphatic rings. The van der Waals surface area contributed by atoms with Crippen LogP contribution in [0.1, 0.15) is 42.4 Å². The molecule has 0 atom stereocenters. The molecule has 4 N–H and O–H groups in total. The van der Waals surface area contributed by atoms with Crippen molar-refractivity contribution in [1.29, 1.82) is 0 Å². The van der Waals surface area contributed by atoms with E-state index in [1.54, 1.807) is 26.8 Å². The molecule has 2 aromatic rings. The molecule has 0 aliphatic carbocycles. The van der Waals surface area contributed by atoms with Gasteiger partial charge in [0.25, 0.3) is 0 Å². The van der Waals surface area contributed by atoms with Crippen LogP contribution in [0.4, 0.5) is 0 Å². The van der Waals surface area contributed by atoms with Gasteiger partial charge in [-0.15, -0.1) is 0 Å². The number of nitrogens with zero attached hydrogens (tertiary/aromatic N) is 2. The van der Waals surface area contributed by atoms with Crippen LogP contribution in [-0.2, 0) is 4.84 Å². The number of pyridine rings is 1.